The Morgan fingerprint density at radius 2 is 2.19 bits per heavy atom. The molecule has 0 saturated carbocycles. The van der Waals surface area contributed by atoms with E-state index >= 15 is 0 Å². The summed E-state index contributed by atoms with van der Waals surface area (Å²) in [5.74, 6) is -0.216. The molecule has 16 heavy (non-hydrogen) atoms. The van der Waals surface area contributed by atoms with E-state index in [2.05, 4.69) is 21.2 Å². The number of imide groups is 1. The summed E-state index contributed by atoms with van der Waals surface area (Å²) in [6, 6.07) is 5.00. The summed E-state index contributed by atoms with van der Waals surface area (Å²) in [4.78, 5) is 23.8. The summed E-state index contributed by atoms with van der Waals surface area (Å²) in [6.07, 6.45) is 0. The maximum absolute atomic E-state index is 11.3. The molecule has 0 radical (unpaired) electrons. The molecule has 1 aromatic rings. The number of anilines is 1. The molecule has 3 amide bonds. The van der Waals surface area contributed by atoms with Gasteiger partial charge in [0.15, 0.2) is 0 Å². The highest BCUT2D eigenvalue weighted by Crippen LogP contribution is 2.21. The predicted molar refractivity (Wildman–Crippen MR) is 62.5 cm³/mol. The number of benzene rings is 1. The van der Waals surface area contributed by atoms with Crippen molar-refractivity contribution in [2.24, 2.45) is 0 Å². The molecule has 1 heterocycles. The zero-order chi connectivity index (χ0) is 11.7. The third-order valence-electron chi connectivity index (χ3n) is 2.34. The molecule has 0 unspecified atom stereocenters. The number of rotatable bonds is 2. The van der Waals surface area contributed by atoms with Gasteiger partial charge in [0.1, 0.15) is 0 Å². The molecule has 1 aromatic carbocycles. The van der Waals surface area contributed by atoms with Crippen LogP contribution in [0.5, 0.6) is 0 Å². The van der Waals surface area contributed by atoms with E-state index in [1.807, 2.05) is 6.07 Å². The minimum absolute atomic E-state index is 0.0742. The number of amides is 3. The van der Waals surface area contributed by atoms with Gasteiger partial charge in [-0.25, -0.2) is 4.79 Å². The molecular weight excluding hydrogens is 274 g/mol. The zero-order valence-electron chi connectivity index (χ0n) is 8.37. The highest BCUT2D eigenvalue weighted by atomic mass is 79.9. The molecule has 1 saturated heterocycles. The molecule has 1 aliphatic rings. The van der Waals surface area contributed by atoms with Crippen LogP contribution >= 0.6 is 15.9 Å². The van der Waals surface area contributed by atoms with Crippen LogP contribution in [0.1, 0.15) is 5.56 Å². The lowest BCUT2D eigenvalue weighted by molar-refractivity contribution is -0.125. The zero-order valence-corrected chi connectivity index (χ0v) is 9.95. The number of nitrogens with one attached hydrogen (secondary N) is 1. The van der Waals surface area contributed by atoms with Crippen molar-refractivity contribution in [2.45, 2.75) is 6.54 Å². The van der Waals surface area contributed by atoms with Gasteiger partial charge in [-0.15, -0.1) is 0 Å². The summed E-state index contributed by atoms with van der Waals surface area (Å²) in [5, 5.41) is 2.46. The first-order chi connectivity index (χ1) is 7.58. The topological polar surface area (TPSA) is 75.4 Å². The van der Waals surface area contributed by atoms with Crippen LogP contribution < -0.4 is 11.1 Å². The molecule has 0 atom stereocenters. The summed E-state index contributed by atoms with van der Waals surface area (Å²) in [6.45, 7) is 0.326. The molecule has 0 spiro atoms. The normalized spacial score (nSPS) is 15.4. The van der Waals surface area contributed by atoms with Crippen LogP contribution in [0, 0.1) is 0 Å². The van der Waals surface area contributed by atoms with E-state index in [0.29, 0.717) is 5.69 Å². The van der Waals surface area contributed by atoms with Gasteiger partial charge in [0.2, 0.25) is 5.91 Å². The van der Waals surface area contributed by atoms with E-state index in [0.717, 1.165) is 10.0 Å². The number of nitrogen functional groups attached to an aromatic ring is 1. The van der Waals surface area contributed by atoms with Crippen molar-refractivity contribution >= 4 is 33.6 Å². The molecule has 2 rings (SSSR count). The fraction of sp³-hybridized carbons (Fsp3) is 0.200. The lowest BCUT2D eigenvalue weighted by atomic mass is 10.2. The Hall–Kier alpha value is -1.56. The second-order valence-corrected chi connectivity index (χ2v) is 4.35. The lowest BCUT2D eigenvalue weighted by Crippen LogP contribution is -2.30. The van der Waals surface area contributed by atoms with Crippen LogP contribution in [-0.4, -0.2) is 23.4 Å². The second kappa shape index (κ2) is 4.13. The number of nitrogens with two attached hydrogens (primary N) is 1. The molecule has 3 N–H and O–H groups in total. The Labute approximate surface area is 101 Å². The third-order valence-corrected chi connectivity index (χ3v) is 3.06. The summed E-state index contributed by atoms with van der Waals surface area (Å²) in [5.41, 5.74) is 7.13. The van der Waals surface area contributed by atoms with Crippen molar-refractivity contribution in [3.05, 3.63) is 28.2 Å². The fourth-order valence-electron chi connectivity index (χ4n) is 1.49. The average Bonchev–Trinajstić information content (AvgIpc) is 2.55. The maximum atomic E-state index is 11.3. The van der Waals surface area contributed by atoms with Gasteiger partial charge in [-0.3, -0.25) is 9.69 Å². The van der Waals surface area contributed by atoms with Gasteiger partial charge < -0.3 is 11.1 Å². The van der Waals surface area contributed by atoms with Gasteiger partial charge in [-0.2, -0.15) is 0 Å². The maximum Gasteiger partial charge on any atom is 0.324 e. The molecule has 0 aliphatic carbocycles. The van der Waals surface area contributed by atoms with Gasteiger partial charge >= 0.3 is 6.03 Å². The smallest absolute Gasteiger partial charge is 0.324 e. The van der Waals surface area contributed by atoms with Crippen LogP contribution in [0.4, 0.5) is 10.5 Å². The Kier molecular flexibility index (Phi) is 2.82. The molecule has 0 bridgehead atoms. The Balaban J connectivity index is 2.17. The minimum Gasteiger partial charge on any atom is -0.398 e. The predicted octanol–water partition coefficient (Wildman–Crippen LogP) is 1.08. The van der Waals surface area contributed by atoms with E-state index in [1.165, 1.54) is 4.90 Å². The number of nitrogens with zero attached hydrogens (tertiary/aromatic N) is 1. The third kappa shape index (κ3) is 2.01. The molecule has 6 heteroatoms. The Bertz CT molecular complexity index is 445. The quantitative estimate of drug-likeness (QED) is 0.630. The van der Waals surface area contributed by atoms with E-state index in [9.17, 15) is 9.59 Å². The number of carbonyl (C=O) groups excluding carboxylic acids is 2. The molecular formula is C10H10BrN3O2. The van der Waals surface area contributed by atoms with Crippen molar-refractivity contribution in [3.8, 4) is 0 Å². The highest BCUT2D eigenvalue weighted by Gasteiger charge is 2.28. The van der Waals surface area contributed by atoms with Crippen molar-refractivity contribution in [3.63, 3.8) is 0 Å². The van der Waals surface area contributed by atoms with E-state index < -0.39 is 0 Å². The summed E-state index contributed by atoms with van der Waals surface area (Å²) in [7, 11) is 0. The van der Waals surface area contributed by atoms with Gasteiger partial charge in [0.05, 0.1) is 13.1 Å². The van der Waals surface area contributed by atoms with Crippen molar-refractivity contribution in [1.29, 1.82) is 0 Å². The Morgan fingerprint density at radius 1 is 1.44 bits per heavy atom. The van der Waals surface area contributed by atoms with Crippen molar-refractivity contribution in [1.82, 2.24) is 10.2 Å². The summed E-state index contributed by atoms with van der Waals surface area (Å²) < 4.78 is 0.799. The van der Waals surface area contributed by atoms with E-state index in [-0.39, 0.29) is 25.0 Å². The summed E-state index contributed by atoms with van der Waals surface area (Å²) >= 11 is 3.28. The number of carbonyl (C=O) groups is 2. The van der Waals surface area contributed by atoms with Gasteiger partial charge in [0, 0.05) is 10.2 Å². The van der Waals surface area contributed by atoms with E-state index in [4.69, 9.17) is 5.73 Å². The molecule has 84 valence electrons. The molecule has 0 aromatic heterocycles. The van der Waals surface area contributed by atoms with Gasteiger partial charge in [0.25, 0.3) is 0 Å². The molecule has 1 fully saturated rings. The highest BCUT2D eigenvalue weighted by molar-refractivity contribution is 9.10. The Morgan fingerprint density at radius 3 is 2.75 bits per heavy atom. The second-order valence-electron chi connectivity index (χ2n) is 3.49. The number of urea groups is 1. The standard InChI is InChI=1S/C10H10BrN3O2/c11-7-2-1-6(3-8(7)12)5-14-9(15)4-13-10(14)16/h1-3H,4-5,12H2,(H,13,16). The first-order valence-corrected chi connectivity index (χ1v) is 5.49. The monoisotopic (exact) mass is 283 g/mol. The lowest BCUT2D eigenvalue weighted by Gasteiger charge is -2.12. The van der Waals surface area contributed by atoms with Gasteiger partial charge in [-0.05, 0) is 33.6 Å². The van der Waals surface area contributed by atoms with Crippen LogP contribution in [0.25, 0.3) is 0 Å². The minimum atomic E-state index is -0.355. The van der Waals surface area contributed by atoms with Crippen LogP contribution in [0.2, 0.25) is 0 Å². The van der Waals surface area contributed by atoms with E-state index in [1.54, 1.807) is 12.1 Å². The fourth-order valence-corrected chi connectivity index (χ4v) is 1.74. The molecule has 1 aliphatic heterocycles. The van der Waals surface area contributed by atoms with Crippen molar-refractivity contribution in [2.75, 3.05) is 12.3 Å². The first-order valence-electron chi connectivity index (χ1n) is 4.70. The average molecular weight is 284 g/mol. The number of hydrogen-bond acceptors (Lipinski definition) is 3. The largest absolute Gasteiger partial charge is 0.398 e. The van der Waals surface area contributed by atoms with Crippen molar-refractivity contribution < 1.29 is 9.59 Å². The van der Waals surface area contributed by atoms with Crippen LogP contribution in [0.3, 0.4) is 0 Å². The van der Waals surface area contributed by atoms with Gasteiger partial charge in [-0.1, -0.05) is 6.07 Å². The number of hydrogen-bond donors (Lipinski definition) is 2. The number of halogens is 1. The first kappa shape index (κ1) is 10.9. The van der Waals surface area contributed by atoms with Crippen LogP contribution in [0.15, 0.2) is 22.7 Å². The SMILES string of the molecule is Nc1cc(CN2C(=O)CNC2=O)ccc1Br. The molecule has 5 nitrogen and oxygen atoms in total. The van der Waals surface area contributed by atoms with Crippen LogP contribution in [-0.2, 0) is 11.3 Å².